The molecule has 1 aromatic rings. The highest BCUT2D eigenvalue weighted by Gasteiger charge is 2.05. The number of hydrazine groups is 1. The Kier molecular flexibility index (Phi) is 5.02. The Morgan fingerprint density at radius 1 is 1.40 bits per heavy atom. The summed E-state index contributed by atoms with van der Waals surface area (Å²) >= 11 is 0. The molecule has 15 heavy (non-hydrogen) atoms. The first kappa shape index (κ1) is 11.9. The second-order valence-corrected chi connectivity index (χ2v) is 2.77. The molecule has 0 saturated carbocycles. The SMILES string of the molecule is COC(NN)Oc1ccc(COO)cc1. The fourth-order valence-corrected chi connectivity index (χ4v) is 1.01. The molecule has 0 aromatic heterocycles. The number of nitrogens with one attached hydrogen (secondary N) is 1. The lowest BCUT2D eigenvalue weighted by Crippen LogP contribution is -2.40. The van der Waals surface area contributed by atoms with E-state index in [-0.39, 0.29) is 6.61 Å². The molecule has 0 radical (unpaired) electrons. The summed E-state index contributed by atoms with van der Waals surface area (Å²) in [6, 6.07) is 6.96. The van der Waals surface area contributed by atoms with Crippen LogP contribution >= 0.6 is 0 Å². The Balaban J connectivity index is 2.55. The van der Waals surface area contributed by atoms with E-state index >= 15 is 0 Å². The zero-order chi connectivity index (χ0) is 11.1. The quantitative estimate of drug-likeness (QED) is 0.276. The van der Waals surface area contributed by atoms with Crippen molar-refractivity contribution in [2.24, 2.45) is 5.84 Å². The lowest BCUT2D eigenvalue weighted by Gasteiger charge is -2.15. The van der Waals surface area contributed by atoms with E-state index in [2.05, 4.69) is 10.3 Å². The lowest BCUT2D eigenvalue weighted by atomic mass is 10.2. The molecule has 0 aliphatic carbocycles. The van der Waals surface area contributed by atoms with E-state index in [0.29, 0.717) is 5.75 Å². The molecule has 6 heteroatoms. The van der Waals surface area contributed by atoms with E-state index in [1.807, 2.05) is 0 Å². The molecule has 0 aliphatic rings. The lowest BCUT2D eigenvalue weighted by molar-refractivity contribution is -0.253. The summed E-state index contributed by atoms with van der Waals surface area (Å²) in [6.45, 7) is 0.142. The first-order chi connectivity index (χ1) is 7.30. The molecule has 0 heterocycles. The Morgan fingerprint density at radius 2 is 2.07 bits per heavy atom. The Labute approximate surface area is 87.5 Å². The zero-order valence-corrected chi connectivity index (χ0v) is 8.34. The van der Waals surface area contributed by atoms with Crippen molar-refractivity contribution >= 4 is 0 Å². The molecule has 1 aromatic carbocycles. The molecule has 0 fully saturated rings. The molecule has 6 nitrogen and oxygen atoms in total. The van der Waals surface area contributed by atoms with Crippen LogP contribution in [0.2, 0.25) is 0 Å². The summed E-state index contributed by atoms with van der Waals surface area (Å²) in [6.07, 6.45) is -0.690. The van der Waals surface area contributed by atoms with Gasteiger partial charge in [-0.1, -0.05) is 12.1 Å². The van der Waals surface area contributed by atoms with Gasteiger partial charge in [0, 0.05) is 7.11 Å². The fourth-order valence-electron chi connectivity index (χ4n) is 1.01. The fraction of sp³-hybridized carbons (Fsp3) is 0.333. The number of ether oxygens (including phenoxy) is 2. The summed E-state index contributed by atoms with van der Waals surface area (Å²) in [5, 5.41) is 8.23. The van der Waals surface area contributed by atoms with Gasteiger partial charge in [0.1, 0.15) is 12.4 Å². The van der Waals surface area contributed by atoms with Gasteiger partial charge in [-0.15, -0.1) is 0 Å². The Bertz CT molecular complexity index is 274. The molecule has 0 bridgehead atoms. The van der Waals surface area contributed by atoms with Crippen LogP contribution in [0, 0.1) is 0 Å². The van der Waals surface area contributed by atoms with Crippen molar-refractivity contribution in [2.75, 3.05) is 7.11 Å². The van der Waals surface area contributed by atoms with Crippen LogP contribution in [0.4, 0.5) is 0 Å². The van der Waals surface area contributed by atoms with E-state index in [1.54, 1.807) is 24.3 Å². The molecular formula is C9H14N2O4. The standard InChI is InChI=1S/C9H14N2O4/c1-13-9(11-10)15-8-4-2-7(3-5-8)6-14-12/h2-5,9,11-12H,6,10H2,1H3. The predicted molar refractivity (Wildman–Crippen MR) is 52.6 cm³/mol. The maximum absolute atomic E-state index is 8.23. The largest absolute Gasteiger partial charge is 0.450 e. The molecule has 0 spiro atoms. The third-order valence-electron chi connectivity index (χ3n) is 1.75. The average molecular weight is 214 g/mol. The third-order valence-corrected chi connectivity index (χ3v) is 1.75. The third kappa shape index (κ3) is 3.82. The van der Waals surface area contributed by atoms with Crippen molar-refractivity contribution in [1.29, 1.82) is 0 Å². The Hall–Kier alpha value is -1.18. The summed E-state index contributed by atoms with van der Waals surface area (Å²) in [5.41, 5.74) is 3.16. The molecule has 0 amide bonds. The summed E-state index contributed by atoms with van der Waals surface area (Å²) in [5.74, 6) is 5.75. The maximum Gasteiger partial charge on any atom is 0.271 e. The van der Waals surface area contributed by atoms with Gasteiger partial charge in [0.05, 0.1) is 0 Å². The highest BCUT2D eigenvalue weighted by Crippen LogP contribution is 2.13. The van der Waals surface area contributed by atoms with Crippen LogP contribution < -0.4 is 16.0 Å². The van der Waals surface area contributed by atoms with Crippen LogP contribution in [0.1, 0.15) is 5.56 Å². The van der Waals surface area contributed by atoms with Gasteiger partial charge in [-0.2, -0.15) is 5.43 Å². The molecule has 0 saturated heterocycles. The van der Waals surface area contributed by atoms with Crippen LogP contribution in [0.15, 0.2) is 24.3 Å². The minimum atomic E-state index is -0.690. The topological polar surface area (TPSA) is 86.0 Å². The highest BCUT2D eigenvalue weighted by molar-refractivity contribution is 5.26. The van der Waals surface area contributed by atoms with Crippen LogP contribution in [0.25, 0.3) is 0 Å². The number of hydrogen-bond acceptors (Lipinski definition) is 6. The number of methoxy groups -OCH3 is 1. The van der Waals surface area contributed by atoms with Crippen LogP contribution in [-0.4, -0.2) is 18.8 Å². The number of benzene rings is 1. The molecule has 0 aliphatic heterocycles. The normalized spacial score (nSPS) is 12.5. The summed E-state index contributed by atoms with van der Waals surface area (Å²) in [4.78, 5) is 3.99. The zero-order valence-electron chi connectivity index (χ0n) is 8.34. The maximum atomic E-state index is 8.23. The predicted octanol–water partition coefficient (Wildman–Crippen LogP) is 0.448. The van der Waals surface area contributed by atoms with Gasteiger partial charge in [-0.25, -0.2) is 4.89 Å². The molecule has 4 N–H and O–H groups in total. The van der Waals surface area contributed by atoms with Crippen molar-refractivity contribution in [1.82, 2.24) is 5.43 Å². The van der Waals surface area contributed by atoms with E-state index in [1.165, 1.54) is 7.11 Å². The van der Waals surface area contributed by atoms with Crippen molar-refractivity contribution in [3.05, 3.63) is 29.8 Å². The molecule has 1 unspecified atom stereocenters. The van der Waals surface area contributed by atoms with Crippen LogP contribution in [-0.2, 0) is 16.2 Å². The smallest absolute Gasteiger partial charge is 0.271 e. The van der Waals surface area contributed by atoms with Gasteiger partial charge in [-0.05, 0) is 17.7 Å². The van der Waals surface area contributed by atoms with Gasteiger partial charge in [-0.3, -0.25) is 11.1 Å². The summed E-state index contributed by atoms with van der Waals surface area (Å²) < 4.78 is 10.1. The first-order valence-corrected chi connectivity index (χ1v) is 4.31. The van der Waals surface area contributed by atoms with E-state index < -0.39 is 6.41 Å². The van der Waals surface area contributed by atoms with E-state index in [9.17, 15) is 0 Å². The average Bonchev–Trinajstić information content (AvgIpc) is 2.28. The monoisotopic (exact) mass is 214 g/mol. The van der Waals surface area contributed by atoms with Crippen LogP contribution in [0.5, 0.6) is 5.75 Å². The van der Waals surface area contributed by atoms with Crippen molar-refractivity contribution in [2.45, 2.75) is 13.0 Å². The minimum Gasteiger partial charge on any atom is -0.450 e. The van der Waals surface area contributed by atoms with Gasteiger partial charge in [0.25, 0.3) is 6.41 Å². The second kappa shape index (κ2) is 6.33. The second-order valence-electron chi connectivity index (χ2n) is 2.77. The van der Waals surface area contributed by atoms with Crippen molar-refractivity contribution < 1.29 is 19.6 Å². The van der Waals surface area contributed by atoms with Gasteiger partial charge >= 0.3 is 0 Å². The molecule has 84 valence electrons. The van der Waals surface area contributed by atoms with Gasteiger partial charge < -0.3 is 9.47 Å². The van der Waals surface area contributed by atoms with Gasteiger partial charge in [0.15, 0.2) is 0 Å². The summed E-state index contributed by atoms with van der Waals surface area (Å²) in [7, 11) is 1.47. The van der Waals surface area contributed by atoms with Crippen molar-refractivity contribution in [3.63, 3.8) is 0 Å². The number of rotatable bonds is 6. The molecule has 1 atom stereocenters. The van der Waals surface area contributed by atoms with Crippen LogP contribution in [0.3, 0.4) is 0 Å². The first-order valence-electron chi connectivity index (χ1n) is 4.31. The number of hydrogen-bond donors (Lipinski definition) is 3. The van der Waals surface area contributed by atoms with E-state index in [4.69, 9.17) is 20.6 Å². The Morgan fingerprint density at radius 3 is 2.53 bits per heavy atom. The number of nitrogens with two attached hydrogens (primary N) is 1. The molecule has 1 rings (SSSR count). The van der Waals surface area contributed by atoms with Crippen molar-refractivity contribution in [3.8, 4) is 5.75 Å². The minimum absolute atomic E-state index is 0.142. The van der Waals surface area contributed by atoms with E-state index in [0.717, 1.165) is 5.56 Å². The van der Waals surface area contributed by atoms with Gasteiger partial charge in [0.2, 0.25) is 0 Å². The highest BCUT2D eigenvalue weighted by atomic mass is 17.1. The molecular weight excluding hydrogens is 200 g/mol.